The summed E-state index contributed by atoms with van der Waals surface area (Å²) in [6, 6.07) is 16.3. The van der Waals surface area contributed by atoms with Gasteiger partial charge < -0.3 is 19.5 Å². The first-order chi connectivity index (χ1) is 15.9. The molecule has 0 spiro atoms. The Kier molecular flexibility index (Phi) is 6.79. The van der Waals surface area contributed by atoms with E-state index in [0.29, 0.717) is 24.5 Å². The van der Waals surface area contributed by atoms with Crippen LogP contribution in [0.2, 0.25) is 0 Å². The van der Waals surface area contributed by atoms with Crippen molar-refractivity contribution in [3.05, 3.63) is 82.9 Å². The quantitative estimate of drug-likeness (QED) is 0.405. The summed E-state index contributed by atoms with van der Waals surface area (Å²) in [5.41, 5.74) is 6.97. The van der Waals surface area contributed by atoms with Crippen LogP contribution in [0.5, 0.6) is 0 Å². The lowest BCUT2D eigenvalue weighted by atomic mass is 9.93. The molecule has 3 aromatic rings. The van der Waals surface area contributed by atoms with Crippen LogP contribution < -0.4 is 5.32 Å². The van der Waals surface area contributed by atoms with Gasteiger partial charge in [0.05, 0.1) is 24.9 Å². The molecule has 1 saturated heterocycles. The number of carbonyl (C=O) groups is 1. The van der Waals surface area contributed by atoms with Crippen molar-refractivity contribution in [2.45, 2.75) is 45.7 Å². The standard InChI is InChI=1S/C26H30N4O2S/c1-17-18(2)30(20-11-6-5-7-12-20)19(3)23(17)25-24(21-13-8-9-15-27-21)28-26(33)29(25)16-10-14-22(31)32-4/h5-9,11-13,15,24-25H,10,14,16H2,1-4H3,(H,28,33)/t24-,25-/m1/s1. The van der Waals surface area contributed by atoms with Gasteiger partial charge in [-0.05, 0) is 69.2 Å². The SMILES string of the molecule is COC(=O)CCCN1C(=S)N[C@H](c2ccccn2)[C@H]1c1c(C)c(C)n(-c2ccccc2)c1C. The normalized spacial score (nSPS) is 17.8. The summed E-state index contributed by atoms with van der Waals surface area (Å²) in [6.45, 7) is 7.17. The van der Waals surface area contributed by atoms with Crippen molar-refractivity contribution in [1.82, 2.24) is 19.8 Å². The number of rotatable bonds is 7. The van der Waals surface area contributed by atoms with E-state index >= 15 is 0 Å². The molecule has 0 aliphatic carbocycles. The van der Waals surface area contributed by atoms with Gasteiger partial charge in [0, 0.05) is 41.8 Å². The lowest BCUT2D eigenvalue weighted by Crippen LogP contribution is -2.31. The number of hydrogen-bond acceptors (Lipinski definition) is 4. The van der Waals surface area contributed by atoms with Gasteiger partial charge in [-0.25, -0.2) is 0 Å². The maximum atomic E-state index is 11.7. The Bertz CT molecular complexity index is 1140. The second-order valence-electron chi connectivity index (χ2n) is 8.38. The van der Waals surface area contributed by atoms with Gasteiger partial charge in [-0.15, -0.1) is 0 Å². The molecule has 1 fully saturated rings. The summed E-state index contributed by atoms with van der Waals surface area (Å²) in [5.74, 6) is -0.204. The number of carbonyl (C=O) groups excluding carboxylic acids is 1. The van der Waals surface area contributed by atoms with Gasteiger partial charge in [0.15, 0.2) is 5.11 Å². The van der Waals surface area contributed by atoms with Crippen molar-refractivity contribution in [2.75, 3.05) is 13.7 Å². The Hall–Kier alpha value is -3.19. The van der Waals surface area contributed by atoms with Crippen molar-refractivity contribution < 1.29 is 9.53 Å². The Labute approximate surface area is 200 Å². The number of para-hydroxylation sites is 1. The fourth-order valence-corrected chi connectivity index (χ4v) is 5.19. The first kappa shape index (κ1) is 23.0. The molecular weight excluding hydrogens is 432 g/mol. The number of nitrogens with zero attached hydrogens (tertiary/aromatic N) is 3. The van der Waals surface area contributed by atoms with E-state index < -0.39 is 0 Å². The second kappa shape index (κ2) is 9.75. The molecule has 0 bridgehead atoms. The van der Waals surface area contributed by atoms with Gasteiger partial charge in [-0.3, -0.25) is 9.78 Å². The molecule has 1 aliphatic heterocycles. The lowest BCUT2D eigenvalue weighted by Gasteiger charge is -2.29. The third-order valence-electron chi connectivity index (χ3n) is 6.52. The summed E-state index contributed by atoms with van der Waals surface area (Å²) >= 11 is 5.79. The highest BCUT2D eigenvalue weighted by atomic mass is 32.1. The molecule has 1 aliphatic rings. The van der Waals surface area contributed by atoms with Gasteiger partial charge >= 0.3 is 5.97 Å². The van der Waals surface area contributed by atoms with Gasteiger partial charge in [-0.2, -0.15) is 0 Å². The van der Waals surface area contributed by atoms with E-state index in [1.165, 1.54) is 29.6 Å². The highest BCUT2D eigenvalue weighted by Gasteiger charge is 2.42. The molecule has 172 valence electrons. The predicted molar refractivity (Wildman–Crippen MR) is 133 cm³/mol. The summed E-state index contributed by atoms with van der Waals surface area (Å²) < 4.78 is 7.14. The van der Waals surface area contributed by atoms with Crippen molar-refractivity contribution in [3.8, 4) is 5.69 Å². The molecule has 0 radical (unpaired) electrons. The molecule has 2 atom stereocenters. The molecule has 4 rings (SSSR count). The minimum atomic E-state index is -0.204. The minimum Gasteiger partial charge on any atom is -0.469 e. The maximum absolute atomic E-state index is 11.7. The zero-order chi connectivity index (χ0) is 23.5. The van der Waals surface area contributed by atoms with E-state index in [1.807, 2.05) is 30.5 Å². The molecule has 0 amide bonds. The first-order valence-electron chi connectivity index (χ1n) is 11.2. The van der Waals surface area contributed by atoms with E-state index in [1.54, 1.807) is 0 Å². The molecule has 1 aromatic carbocycles. The summed E-state index contributed by atoms with van der Waals surface area (Å²) in [4.78, 5) is 18.6. The number of nitrogens with one attached hydrogen (secondary N) is 1. The van der Waals surface area contributed by atoms with Crippen molar-refractivity contribution >= 4 is 23.3 Å². The molecule has 1 N–H and O–H groups in total. The Morgan fingerprint density at radius 1 is 1.09 bits per heavy atom. The van der Waals surface area contributed by atoms with Crippen LogP contribution in [0, 0.1) is 20.8 Å². The predicted octanol–water partition coefficient (Wildman–Crippen LogP) is 4.72. The average Bonchev–Trinajstić information content (AvgIpc) is 3.27. The van der Waals surface area contributed by atoms with E-state index in [0.717, 1.165) is 11.4 Å². The van der Waals surface area contributed by atoms with Crippen molar-refractivity contribution in [2.24, 2.45) is 0 Å². The van der Waals surface area contributed by atoms with Crippen LogP contribution >= 0.6 is 12.2 Å². The number of benzene rings is 1. The largest absolute Gasteiger partial charge is 0.469 e. The molecule has 0 unspecified atom stereocenters. The molecule has 2 aromatic heterocycles. The highest BCUT2D eigenvalue weighted by molar-refractivity contribution is 7.80. The molecule has 33 heavy (non-hydrogen) atoms. The summed E-state index contributed by atoms with van der Waals surface area (Å²) in [7, 11) is 1.42. The molecule has 3 heterocycles. The summed E-state index contributed by atoms with van der Waals surface area (Å²) in [6.07, 6.45) is 2.84. The van der Waals surface area contributed by atoms with Crippen LogP contribution in [0.25, 0.3) is 5.69 Å². The number of aromatic nitrogens is 2. The molecule has 7 heteroatoms. The van der Waals surface area contributed by atoms with Crippen molar-refractivity contribution in [3.63, 3.8) is 0 Å². The molecule has 6 nitrogen and oxygen atoms in total. The number of thiocarbonyl (C=S) groups is 1. The Morgan fingerprint density at radius 2 is 1.82 bits per heavy atom. The monoisotopic (exact) mass is 462 g/mol. The Morgan fingerprint density at radius 3 is 2.48 bits per heavy atom. The van der Waals surface area contributed by atoms with Gasteiger partial charge in [0.1, 0.15) is 0 Å². The molecule has 0 saturated carbocycles. The van der Waals surface area contributed by atoms with Crippen LogP contribution in [-0.4, -0.2) is 39.2 Å². The van der Waals surface area contributed by atoms with Crippen molar-refractivity contribution in [1.29, 1.82) is 0 Å². The van der Waals surface area contributed by atoms with Gasteiger partial charge in [0.2, 0.25) is 0 Å². The number of hydrogen-bond donors (Lipinski definition) is 1. The average molecular weight is 463 g/mol. The van der Waals surface area contributed by atoms with E-state index in [4.69, 9.17) is 17.0 Å². The van der Waals surface area contributed by atoms with Crippen LogP contribution in [0.1, 0.15) is 53.1 Å². The smallest absolute Gasteiger partial charge is 0.305 e. The lowest BCUT2D eigenvalue weighted by molar-refractivity contribution is -0.140. The topological polar surface area (TPSA) is 59.4 Å². The van der Waals surface area contributed by atoms with E-state index in [2.05, 4.69) is 64.8 Å². The van der Waals surface area contributed by atoms with Crippen LogP contribution in [0.4, 0.5) is 0 Å². The number of esters is 1. The molecular formula is C26H30N4O2S. The third-order valence-corrected chi connectivity index (χ3v) is 6.88. The van der Waals surface area contributed by atoms with E-state index in [-0.39, 0.29) is 18.1 Å². The fraction of sp³-hybridized carbons (Fsp3) is 0.346. The van der Waals surface area contributed by atoms with Crippen LogP contribution in [0.15, 0.2) is 54.7 Å². The number of ether oxygens (including phenoxy) is 1. The van der Waals surface area contributed by atoms with Gasteiger partial charge in [-0.1, -0.05) is 24.3 Å². The first-order valence-corrected chi connectivity index (χ1v) is 11.6. The van der Waals surface area contributed by atoms with Crippen LogP contribution in [0.3, 0.4) is 0 Å². The zero-order valence-electron chi connectivity index (χ0n) is 19.5. The minimum absolute atomic E-state index is 0.0336. The second-order valence-corrected chi connectivity index (χ2v) is 8.77. The Balaban J connectivity index is 1.79. The fourth-order valence-electron chi connectivity index (χ4n) is 4.86. The van der Waals surface area contributed by atoms with Gasteiger partial charge in [0.25, 0.3) is 0 Å². The number of methoxy groups -OCH3 is 1. The summed E-state index contributed by atoms with van der Waals surface area (Å²) in [5, 5.41) is 4.20. The third kappa shape index (κ3) is 4.37. The zero-order valence-corrected chi connectivity index (χ0v) is 20.4. The highest BCUT2D eigenvalue weighted by Crippen LogP contribution is 2.43. The van der Waals surface area contributed by atoms with E-state index in [9.17, 15) is 4.79 Å². The number of pyridine rings is 1. The van der Waals surface area contributed by atoms with Crippen LogP contribution in [-0.2, 0) is 9.53 Å². The maximum Gasteiger partial charge on any atom is 0.305 e.